The van der Waals surface area contributed by atoms with Crippen molar-refractivity contribution in [3.05, 3.63) is 35.5 Å². The lowest BCUT2D eigenvalue weighted by atomic mass is 10.1. The summed E-state index contributed by atoms with van der Waals surface area (Å²) in [4.78, 5) is 0. The lowest BCUT2D eigenvalue weighted by Gasteiger charge is -2.02. The Bertz CT molecular complexity index is 484. The molecule has 0 fully saturated rings. The van der Waals surface area contributed by atoms with Gasteiger partial charge in [-0.3, -0.25) is 0 Å². The van der Waals surface area contributed by atoms with E-state index in [9.17, 15) is 5.11 Å². The van der Waals surface area contributed by atoms with Gasteiger partial charge in [0.05, 0.1) is 6.61 Å². The van der Waals surface area contributed by atoms with Crippen molar-refractivity contribution >= 4 is 10.9 Å². The molecule has 2 nitrogen and oxygen atoms in total. The molecule has 1 aromatic heterocycles. The molecule has 0 amide bonds. The first-order valence-electron chi connectivity index (χ1n) is 5.11. The summed E-state index contributed by atoms with van der Waals surface area (Å²) >= 11 is 0. The van der Waals surface area contributed by atoms with E-state index in [1.165, 1.54) is 29.4 Å². The van der Waals surface area contributed by atoms with Crippen LogP contribution >= 0.6 is 0 Å². The van der Waals surface area contributed by atoms with E-state index >= 15 is 0 Å². The SMILES string of the molecule is OCc1cccc2c1cc1n2CCC1. The van der Waals surface area contributed by atoms with Crippen molar-refractivity contribution in [3.8, 4) is 0 Å². The smallest absolute Gasteiger partial charge is 0.0688 e. The molecule has 2 aromatic rings. The highest BCUT2D eigenvalue weighted by Crippen LogP contribution is 2.28. The largest absolute Gasteiger partial charge is 0.392 e. The predicted octanol–water partition coefficient (Wildman–Crippen LogP) is 2.08. The standard InChI is InChI=1S/C12H13NO/c14-8-9-3-1-5-12-11(9)7-10-4-2-6-13(10)12/h1,3,5,7,14H,2,4,6,8H2. The maximum atomic E-state index is 9.22. The number of aliphatic hydroxyl groups excluding tert-OH is 1. The van der Waals surface area contributed by atoms with Gasteiger partial charge in [0.25, 0.3) is 0 Å². The lowest BCUT2D eigenvalue weighted by Crippen LogP contribution is -1.91. The summed E-state index contributed by atoms with van der Waals surface area (Å²) in [5.74, 6) is 0. The molecule has 3 rings (SSSR count). The van der Waals surface area contributed by atoms with Gasteiger partial charge in [-0.1, -0.05) is 12.1 Å². The summed E-state index contributed by atoms with van der Waals surface area (Å²) in [6.45, 7) is 1.27. The minimum absolute atomic E-state index is 0.140. The highest BCUT2D eigenvalue weighted by Gasteiger charge is 2.15. The molecule has 2 heterocycles. The molecule has 0 bridgehead atoms. The molecule has 72 valence electrons. The summed E-state index contributed by atoms with van der Waals surface area (Å²) in [5, 5.41) is 10.4. The molecule has 1 aliphatic heterocycles. The van der Waals surface area contributed by atoms with E-state index < -0.39 is 0 Å². The molecule has 0 atom stereocenters. The fourth-order valence-electron chi connectivity index (χ4n) is 2.43. The van der Waals surface area contributed by atoms with E-state index in [0.29, 0.717) is 0 Å². The van der Waals surface area contributed by atoms with Crippen molar-refractivity contribution in [1.29, 1.82) is 0 Å². The van der Waals surface area contributed by atoms with E-state index in [-0.39, 0.29) is 6.61 Å². The maximum absolute atomic E-state index is 9.22. The van der Waals surface area contributed by atoms with Gasteiger partial charge in [-0.25, -0.2) is 0 Å². The number of aryl methyl sites for hydroxylation is 2. The highest BCUT2D eigenvalue weighted by atomic mass is 16.3. The van der Waals surface area contributed by atoms with Crippen LogP contribution in [0, 0.1) is 0 Å². The van der Waals surface area contributed by atoms with Crippen LogP contribution in [0.5, 0.6) is 0 Å². The van der Waals surface area contributed by atoms with Crippen LogP contribution in [0.25, 0.3) is 10.9 Å². The normalized spacial score (nSPS) is 14.9. The molecule has 0 spiro atoms. The summed E-state index contributed by atoms with van der Waals surface area (Å²) in [6.07, 6.45) is 2.44. The number of fused-ring (bicyclic) bond motifs is 3. The number of nitrogens with zero attached hydrogens (tertiary/aromatic N) is 1. The molecule has 2 heteroatoms. The van der Waals surface area contributed by atoms with E-state index in [0.717, 1.165) is 12.1 Å². The minimum Gasteiger partial charge on any atom is -0.392 e. The average Bonchev–Trinajstić information content (AvgIpc) is 2.76. The summed E-state index contributed by atoms with van der Waals surface area (Å²) in [5.41, 5.74) is 3.74. The van der Waals surface area contributed by atoms with E-state index in [4.69, 9.17) is 0 Å². The minimum atomic E-state index is 0.140. The molecule has 1 aliphatic rings. The Morgan fingerprint density at radius 2 is 2.29 bits per heavy atom. The zero-order valence-corrected chi connectivity index (χ0v) is 8.03. The van der Waals surface area contributed by atoms with Crippen molar-refractivity contribution in [2.75, 3.05) is 0 Å². The zero-order chi connectivity index (χ0) is 9.54. The monoisotopic (exact) mass is 187 g/mol. The van der Waals surface area contributed by atoms with Crippen molar-refractivity contribution in [2.24, 2.45) is 0 Å². The van der Waals surface area contributed by atoms with Gasteiger partial charge in [0.15, 0.2) is 0 Å². The molecular formula is C12H13NO. The van der Waals surface area contributed by atoms with E-state index in [2.05, 4.69) is 16.7 Å². The van der Waals surface area contributed by atoms with Crippen LogP contribution in [0.4, 0.5) is 0 Å². The second-order valence-electron chi connectivity index (χ2n) is 3.90. The molecule has 0 radical (unpaired) electrons. The van der Waals surface area contributed by atoms with E-state index in [1.807, 2.05) is 12.1 Å². The third-order valence-electron chi connectivity index (χ3n) is 3.11. The Hall–Kier alpha value is -1.28. The molecule has 0 saturated heterocycles. The van der Waals surface area contributed by atoms with Gasteiger partial charge < -0.3 is 9.67 Å². The highest BCUT2D eigenvalue weighted by molar-refractivity contribution is 5.85. The van der Waals surface area contributed by atoms with Crippen LogP contribution in [0.3, 0.4) is 0 Å². The average molecular weight is 187 g/mol. The molecule has 0 aliphatic carbocycles. The predicted molar refractivity (Wildman–Crippen MR) is 56.2 cm³/mol. The third kappa shape index (κ3) is 0.946. The van der Waals surface area contributed by atoms with Gasteiger partial charge in [0.2, 0.25) is 0 Å². The molecule has 14 heavy (non-hydrogen) atoms. The van der Waals surface area contributed by atoms with Crippen LogP contribution in [0.1, 0.15) is 17.7 Å². The van der Waals surface area contributed by atoms with Crippen LogP contribution in [-0.2, 0) is 19.6 Å². The number of aliphatic hydroxyl groups is 1. The fourth-order valence-corrected chi connectivity index (χ4v) is 2.43. The van der Waals surface area contributed by atoms with Crippen molar-refractivity contribution in [3.63, 3.8) is 0 Å². The second kappa shape index (κ2) is 2.85. The number of hydrogen-bond acceptors (Lipinski definition) is 1. The van der Waals surface area contributed by atoms with Crippen LogP contribution < -0.4 is 0 Å². The zero-order valence-electron chi connectivity index (χ0n) is 8.03. The lowest BCUT2D eigenvalue weighted by molar-refractivity contribution is 0.283. The van der Waals surface area contributed by atoms with Crippen LogP contribution in [0.2, 0.25) is 0 Å². The van der Waals surface area contributed by atoms with Gasteiger partial charge in [0.1, 0.15) is 0 Å². The molecular weight excluding hydrogens is 174 g/mol. The summed E-state index contributed by atoms with van der Waals surface area (Å²) < 4.78 is 2.37. The Morgan fingerprint density at radius 1 is 1.36 bits per heavy atom. The summed E-state index contributed by atoms with van der Waals surface area (Å²) in [7, 11) is 0. The quantitative estimate of drug-likeness (QED) is 0.726. The van der Waals surface area contributed by atoms with Gasteiger partial charge in [-0.05, 0) is 30.5 Å². The van der Waals surface area contributed by atoms with Gasteiger partial charge in [-0.15, -0.1) is 0 Å². The fraction of sp³-hybridized carbons (Fsp3) is 0.333. The van der Waals surface area contributed by atoms with E-state index in [1.54, 1.807) is 0 Å². The third-order valence-corrected chi connectivity index (χ3v) is 3.11. The van der Waals surface area contributed by atoms with Crippen LogP contribution in [0.15, 0.2) is 24.3 Å². The van der Waals surface area contributed by atoms with Gasteiger partial charge in [0, 0.05) is 23.1 Å². The number of benzene rings is 1. The first-order valence-corrected chi connectivity index (χ1v) is 5.11. The van der Waals surface area contributed by atoms with Gasteiger partial charge in [-0.2, -0.15) is 0 Å². The maximum Gasteiger partial charge on any atom is 0.0688 e. The van der Waals surface area contributed by atoms with Crippen LogP contribution in [-0.4, -0.2) is 9.67 Å². The van der Waals surface area contributed by atoms with Gasteiger partial charge >= 0.3 is 0 Å². The second-order valence-corrected chi connectivity index (χ2v) is 3.90. The number of hydrogen-bond donors (Lipinski definition) is 1. The Morgan fingerprint density at radius 3 is 3.14 bits per heavy atom. The van der Waals surface area contributed by atoms with Crippen molar-refractivity contribution < 1.29 is 5.11 Å². The topological polar surface area (TPSA) is 25.2 Å². The molecule has 0 saturated carbocycles. The molecule has 0 unspecified atom stereocenters. The Balaban J connectivity index is 2.36. The van der Waals surface area contributed by atoms with Crippen molar-refractivity contribution in [1.82, 2.24) is 4.57 Å². The Labute approximate surface area is 82.8 Å². The molecule has 1 N–H and O–H groups in total. The first kappa shape index (κ1) is 8.06. The molecule has 1 aromatic carbocycles. The first-order chi connectivity index (χ1) is 6.90. The Kier molecular flexibility index (Phi) is 1.64. The summed E-state index contributed by atoms with van der Waals surface area (Å²) in [6, 6.07) is 8.40. The number of aromatic nitrogens is 1. The van der Waals surface area contributed by atoms with Crippen molar-refractivity contribution in [2.45, 2.75) is 26.0 Å². The number of rotatable bonds is 1.